The second-order valence-corrected chi connectivity index (χ2v) is 2.71. The fourth-order valence-electron chi connectivity index (χ4n) is 1.04. The van der Waals surface area contributed by atoms with E-state index in [4.69, 9.17) is 11.5 Å². The van der Waals surface area contributed by atoms with Gasteiger partial charge in [0.15, 0.2) is 0 Å². The third-order valence-electron chi connectivity index (χ3n) is 1.71. The summed E-state index contributed by atoms with van der Waals surface area (Å²) in [6, 6.07) is 3.88. The molecule has 1 amide bonds. The third-order valence-corrected chi connectivity index (χ3v) is 1.71. The van der Waals surface area contributed by atoms with Gasteiger partial charge in [-0.2, -0.15) is 0 Å². The number of nitrogens with zero attached hydrogens (tertiary/aromatic N) is 1. The maximum atomic E-state index is 10.8. The highest BCUT2D eigenvalue weighted by molar-refractivity contribution is 5.93. The molecule has 0 fully saturated rings. The molecule has 0 radical (unpaired) electrons. The normalized spacial score (nSPS) is 9.79. The van der Waals surface area contributed by atoms with Crippen LogP contribution in [-0.2, 0) is 6.54 Å². The van der Waals surface area contributed by atoms with Crippen molar-refractivity contribution in [3.05, 3.63) is 39.4 Å². The molecule has 0 heterocycles. The van der Waals surface area contributed by atoms with Crippen LogP contribution in [-0.4, -0.2) is 10.8 Å². The molecule has 0 spiro atoms. The number of nitro groups is 1. The molecule has 74 valence electrons. The van der Waals surface area contributed by atoms with Gasteiger partial charge in [0.25, 0.3) is 5.69 Å². The summed E-state index contributed by atoms with van der Waals surface area (Å²) in [5.41, 5.74) is 10.7. The van der Waals surface area contributed by atoms with E-state index in [1.54, 1.807) is 0 Å². The van der Waals surface area contributed by atoms with E-state index in [9.17, 15) is 14.9 Å². The van der Waals surface area contributed by atoms with Gasteiger partial charge in [-0.3, -0.25) is 14.9 Å². The topological polar surface area (TPSA) is 112 Å². The van der Waals surface area contributed by atoms with E-state index in [0.717, 1.165) is 6.07 Å². The summed E-state index contributed by atoms with van der Waals surface area (Å²) in [5, 5.41) is 10.5. The molecule has 0 aliphatic heterocycles. The fraction of sp³-hybridized carbons (Fsp3) is 0.125. The average molecular weight is 195 g/mol. The van der Waals surface area contributed by atoms with Crippen LogP contribution in [0.15, 0.2) is 18.2 Å². The first-order valence-corrected chi connectivity index (χ1v) is 3.83. The molecule has 0 saturated heterocycles. The van der Waals surface area contributed by atoms with Crippen LogP contribution in [0.3, 0.4) is 0 Å². The molecule has 0 saturated carbocycles. The third kappa shape index (κ3) is 2.05. The van der Waals surface area contributed by atoms with Crippen molar-refractivity contribution in [2.24, 2.45) is 11.5 Å². The van der Waals surface area contributed by atoms with Gasteiger partial charge in [0.2, 0.25) is 5.91 Å². The summed E-state index contributed by atoms with van der Waals surface area (Å²) in [7, 11) is 0. The first kappa shape index (κ1) is 10.1. The highest BCUT2D eigenvalue weighted by Gasteiger charge is 2.11. The second-order valence-electron chi connectivity index (χ2n) is 2.71. The summed E-state index contributed by atoms with van der Waals surface area (Å²) in [4.78, 5) is 20.7. The van der Waals surface area contributed by atoms with Crippen molar-refractivity contribution in [1.82, 2.24) is 0 Å². The molecule has 0 aliphatic carbocycles. The Morgan fingerprint density at radius 2 is 2.07 bits per heavy atom. The minimum absolute atomic E-state index is 0.0969. The van der Waals surface area contributed by atoms with Gasteiger partial charge in [-0.15, -0.1) is 0 Å². The van der Waals surface area contributed by atoms with E-state index in [0.29, 0.717) is 5.56 Å². The lowest BCUT2D eigenvalue weighted by atomic mass is 10.1. The molecule has 0 unspecified atom stereocenters. The Bertz CT molecular complexity index is 357. The Balaban J connectivity index is 3.27. The van der Waals surface area contributed by atoms with Crippen LogP contribution < -0.4 is 11.5 Å². The summed E-state index contributed by atoms with van der Waals surface area (Å²) in [6.45, 7) is 0.127. The smallest absolute Gasteiger partial charge is 0.270 e. The van der Waals surface area contributed by atoms with Gasteiger partial charge < -0.3 is 11.5 Å². The SMILES string of the molecule is NCc1cc(C(N)=O)cc([N+](=O)[O-])c1. The number of nitrogens with two attached hydrogens (primary N) is 2. The lowest BCUT2D eigenvalue weighted by Gasteiger charge is -2.00. The van der Waals surface area contributed by atoms with Crippen LogP contribution in [0.4, 0.5) is 5.69 Å². The average Bonchev–Trinajstić information content (AvgIpc) is 2.16. The molecule has 0 aliphatic rings. The highest BCUT2D eigenvalue weighted by Crippen LogP contribution is 2.16. The van der Waals surface area contributed by atoms with Crippen LogP contribution in [0.5, 0.6) is 0 Å². The van der Waals surface area contributed by atoms with E-state index in [2.05, 4.69) is 0 Å². The van der Waals surface area contributed by atoms with Crippen LogP contribution in [0, 0.1) is 10.1 Å². The number of carbonyl (C=O) groups excluding carboxylic acids is 1. The predicted octanol–water partition coefficient (Wildman–Crippen LogP) is 0.152. The van der Waals surface area contributed by atoms with Crippen molar-refractivity contribution in [3.63, 3.8) is 0 Å². The number of hydrogen-bond donors (Lipinski definition) is 2. The maximum Gasteiger partial charge on any atom is 0.270 e. The molecule has 0 atom stereocenters. The molecule has 6 heteroatoms. The molecule has 1 rings (SSSR count). The van der Waals surface area contributed by atoms with E-state index < -0.39 is 10.8 Å². The van der Waals surface area contributed by atoms with Gasteiger partial charge in [0.1, 0.15) is 0 Å². The van der Waals surface area contributed by atoms with Crippen molar-refractivity contribution >= 4 is 11.6 Å². The van der Waals surface area contributed by atoms with Crippen LogP contribution >= 0.6 is 0 Å². The molecule has 0 bridgehead atoms. The van der Waals surface area contributed by atoms with Crippen LogP contribution in [0.1, 0.15) is 15.9 Å². The lowest BCUT2D eigenvalue weighted by molar-refractivity contribution is -0.384. The van der Waals surface area contributed by atoms with Gasteiger partial charge in [-0.1, -0.05) is 0 Å². The molecule has 0 aromatic heterocycles. The van der Waals surface area contributed by atoms with Crippen molar-refractivity contribution in [3.8, 4) is 0 Å². The summed E-state index contributed by atoms with van der Waals surface area (Å²) in [5.74, 6) is -0.705. The largest absolute Gasteiger partial charge is 0.366 e. The number of carbonyl (C=O) groups is 1. The zero-order chi connectivity index (χ0) is 10.7. The van der Waals surface area contributed by atoms with Gasteiger partial charge in [0.05, 0.1) is 4.92 Å². The van der Waals surface area contributed by atoms with E-state index >= 15 is 0 Å². The number of hydrogen-bond acceptors (Lipinski definition) is 4. The lowest BCUT2D eigenvalue weighted by Crippen LogP contribution is -2.12. The number of benzene rings is 1. The van der Waals surface area contributed by atoms with Crippen molar-refractivity contribution in [1.29, 1.82) is 0 Å². The molecular weight excluding hydrogens is 186 g/mol. The minimum atomic E-state index is -0.705. The van der Waals surface area contributed by atoms with Gasteiger partial charge in [-0.25, -0.2) is 0 Å². The number of primary amides is 1. The Morgan fingerprint density at radius 1 is 1.43 bits per heavy atom. The Morgan fingerprint density at radius 3 is 2.50 bits per heavy atom. The fourth-order valence-corrected chi connectivity index (χ4v) is 1.04. The number of non-ortho nitro benzene ring substituents is 1. The Hall–Kier alpha value is -1.95. The van der Waals surface area contributed by atoms with Crippen LogP contribution in [0.25, 0.3) is 0 Å². The number of amides is 1. The first-order chi connectivity index (χ1) is 6.54. The molecule has 1 aromatic rings. The van der Waals surface area contributed by atoms with E-state index in [1.807, 2.05) is 0 Å². The molecule has 4 N–H and O–H groups in total. The zero-order valence-corrected chi connectivity index (χ0v) is 7.27. The standard InChI is InChI=1S/C8H9N3O3/c9-4-5-1-6(8(10)12)3-7(2-5)11(13)14/h1-3H,4,9H2,(H2,10,12). The Labute approximate surface area is 79.7 Å². The van der Waals surface area contributed by atoms with Gasteiger partial charge in [-0.05, 0) is 11.6 Å². The molecule has 1 aromatic carbocycles. The molecular formula is C8H9N3O3. The Kier molecular flexibility index (Phi) is 2.78. The quantitative estimate of drug-likeness (QED) is 0.528. The van der Waals surface area contributed by atoms with Crippen LogP contribution in [0.2, 0.25) is 0 Å². The first-order valence-electron chi connectivity index (χ1n) is 3.83. The summed E-state index contributed by atoms with van der Waals surface area (Å²) >= 11 is 0. The molecule has 6 nitrogen and oxygen atoms in total. The van der Waals surface area contributed by atoms with Crippen molar-refractivity contribution in [2.45, 2.75) is 6.54 Å². The highest BCUT2D eigenvalue weighted by atomic mass is 16.6. The van der Waals surface area contributed by atoms with Crippen molar-refractivity contribution in [2.75, 3.05) is 0 Å². The number of nitro benzene ring substituents is 1. The summed E-state index contributed by atoms with van der Waals surface area (Å²) < 4.78 is 0. The van der Waals surface area contributed by atoms with Crippen molar-refractivity contribution < 1.29 is 9.72 Å². The molecule has 14 heavy (non-hydrogen) atoms. The number of rotatable bonds is 3. The monoisotopic (exact) mass is 195 g/mol. The second kappa shape index (κ2) is 3.84. The van der Waals surface area contributed by atoms with E-state index in [-0.39, 0.29) is 17.8 Å². The van der Waals surface area contributed by atoms with Gasteiger partial charge >= 0.3 is 0 Å². The predicted molar refractivity (Wildman–Crippen MR) is 49.5 cm³/mol. The maximum absolute atomic E-state index is 10.8. The van der Waals surface area contributed by atoms with E-state index in [1.165, 1.54) is 12.1 Å². The minimum Gasteiger partial charge on any atom is -0.366 e. The summed E-state index contributed by atoms with van der Waals surface area (Å²) in [6.07, 6.45) is 0. The van der Waals surface area contributed by atoms with Gasteiger partial charge in [0, 0.05) is 24.2 Å². The zero-order valence-electron chi connectivity index (χ0n) is 7.27.